The van der Waals surface area contributed by atoms with Crippen molar-refractivity contribution in [2.24, 2.45) is 0 Å². The first kappa shape index (κ1) is 17.9. The Kier molecular flexibility index (Phi) is 5.14. The topological polar surface area (TPSA) is 61.4 Å². The Morgan fingerprint density at radius 3 is 2.11 bits per heavy atom. The van der Waals surface area contributed by atoms with Crippen molar-refractivity contribution in [1.82, 2.24) is 9.97 Å². The number of benzene rings is 1. The molecule has 1 fully saturated rings. The van der Waals surface area contributed by atoms with Crippen LogP contribution in [0, 0.1) is 5.82 Å². The molecule has 1 aliphatic rings. The maximum absolute atomic E-state index is 13.0. The molecule has 0 bridgehead atoms. The van der Waals surface area contributed by atoms with Gasteiger partial charge in [-0.1, -0.05) is 6.07 Å². The Bertz CT molecular complexity index is 923. The van der Waals surface area contributed by atoms with Crippen molar-refractivity contribution in [3.05, 3.63) is 78.4 Å². The lowest BCUT2D eigenvalue weighted by Gasteiger charge is -2.36. The third kappa shape index (κ3) is 4.09. The number of hydrogen-bond donors (Lipinski definition) is 1. The minimum atomic E-state index is -0.370. The number of amides is 1. The molecule has 1 aromatic carbocycles. The van der Waals surface area contributed by atoms with Crippen LogP contribution in [0.5, 0.6) is 0 Å². The first-order valence-electron chi connectivity index (χ1n) is 9.13. The van der Waals surface area contributed by atoms with E-state index in [4.69, 9.17) is 0 Å². The number of anilines is 3. The van der Waals surface area contributed by atoms with E-state index in [0.29, 0.717) is 11.3 Å². The van der Waals surface area contributed by atoms with Gasteiger partial charge in [0, 0.05) is 37.9 Å². The summed E-state index contributed by atoms with van der Waals surface area (Å²) in [5, 5.41) is 2.78. The van der Waals surface area contributed by atoms with Crippen LogP contribution in [0.25, 0.3) is 0 Å². The van der Waals surface area contributed by atoms with E-state index < -0.39 is 0 Å². The second kappa shape index (κ2) is 8.04. The fraction of sp³-hybridized carbons (Fsp3) is 0.190. The maximum Gasteiger partial charge on any atom is 0.255 e. The Balaban J connectivity index is 1.35. The second-order valence-corrected chi connectivity index (χ2v) is 6.53. The molecule has 1 aliphatic heterocycles. The number of halogens is 1. The molecule has 142 valence electrons. The first-order valence-corrected chi connectivity index (χ1v) is 9.13. The summed E-state index contributed by atoms with van der Waals surface area (Å²) in [7, 11) is 0. The Morgan fingerprint density at radius 1 is 0.857 bits per heavy atom. The number of aromatic nitrogens is 2. The van der Waals surface area contributed by atoms with Crippen molar-refractivity contribution in [2.45, 2.75) is 0 Å². The van der Waals surface area contributed by atoms with E-state index in [1.807, 2.05) is 36.5 Å². The molecule has 6 nitrogen and oxygen atoms in total. The van der Waals surface area contributed by atoms with E-state index >= 15 is 0 Å². The molecule has 0 radical (unpaired) electrons. The van der Waals surface area contributed by atoms with Crippen molar-refractivity contribution in [3.63, 3.8) is 0 Å². The molecule has 1 N–H and O–H groups in total. The summed E-state index contributed by atoms with van der Waals surface area (Å²) in [5.74, 6) is 1.21. The summed E-state index contributed by atoms with van der Waals surface area (Å²) in [6, 6.07) is 15.1. The van der Waals surface area contributed by atoms with Gasteiger partial charge in [-0.3, -0.25) is 4.79 Å². The molecule has 0 unspecified atom stereocenters. The van der Waals surface area contributed by atoms with Gasteiger partial charge in [0.1, 0.15) is 17.5 Å². The largest absolute Gasteiger partial charge is 0.353 e. The number of carbonyl (C=O) groups is 1. The Morgan fingerprint density at radius 2 is 1.54 bits per heavy atom. The zero-order valence-electron chi connectivity index (χ0n) is 15.3. The van der Waals surface area contributed by atoms with E-state index in [1.54, 1.807) is 6.20 Å². The van der Waals surface area contributed by atoms with Crippen LogP contribution in [0.2, 0.25) is 0 Å². The molecule has 2 aromatic heterocycles. The number of hydrogen-bond acceptors (Lipinski definition) is 5. The fourth-order valence-electron chi connectivity index (χ4n) is 3.16. The zero-order valence-corrected chi connectivity index (χ0v) is 15.3. The van der Waals surface area contributed by atoms with Crippen LogP contribution >= 0.6 is 0 Å². The molecule has 7 heteroatoms. The second-order valence-electron chi connectivity index (χ2n) is 6.53. The SMILES string of the molecule is O=C(Nc1ccc(N2CCN(c3ccccn3)CC2)nc1)c1ccc(F)cc1. The lowest BCUT2D eigenvalue weighted by molar-refractivity contribution is 0.102. The van der Waals surface area contributed by atoms with E-state index in [9.17, 15) is 9.18 Å². The van der Waals surface area contributed by atoms with Gasteiger partial charge in [0.05, 0.1) is 11.9 Å². The first-order chi connectivity index (χ1) is 13.7. The molecule has 0 atom stereocenters. The standard InChI is InChI=1S/C21H20FN5O/c22-17-6-4-16(5-7-17)21(28)25-18-8-9-20(24-15-18)27-13-11-26(12-14-27)19-3-1-2-10-23-19/h1-10,15H,11-14H2,(H,25,28). The van der Waals surface area contributed by atoms with Crippen LogP contribution in [-0.2, 0) is 0 Å². The van der Waals surface area contributed by atoms with Gasteiger partial charge in [-0.05, 0) is 48.5 Å². The Hall–Kier alpha value is -3.48. The van der Waals surface area contributed by atoms with Gasteiger partial charge in [0.2, 0.25) is 0 Å². The van der Waals surface area contributed by atoms with Gasteiger partial charge >= 0.3 is 0 Å². The van der Waals surface area contributed by atoms with E-state index in [0.717, 1.165) is 37.8 Å². The molecular formula is C21H20FN5O. The molecule has 0 aliphatic carbocycles. The predicted octanol–water partition coefficient (Wildman–Crippen LogP) is 3.19. The highest BCUT2D eigenvalue weighted by atomic mass is 19.1. The van der Waals surface area contributed by atoms with Crippen molar-refractivity contribution < 1.29 is 9.18 Å². The summed E-state index contributed by atoms with van der Waals surface area (Å²) >= 11 is 0. The van der Waals surface area contributed by atoms with Gasteiger partial charge < -0.3 is 15.1 Å². The summed E-state index contributed by atoms with van der Waals surface area (Å²) in [6.45, 7) is 3.46. The van der Waals surface area contributed by atoms with Crippen LogP contribution < -0.4 is 15.1 Å². The minimum Gasteiger partial charge on any atom is -0.353 e. The maximum atomic E-state index is 13.0. The fourth-order valence-corrected chi connectivity index (χ4v) is 3.16. The average molecular weight is 377 g/mol. The van der Waals surface area contributed by atoms with Crippen LogP contribution in [0.1, 0.15) is 10.4 Å². The monoisotopic (exact) mass is 377 g/mol. The summed E-state index contributed by atoms with van der Waals surface area (Å²) in [4.78, 5) is 25.5. The zero-order chi connectivity index (χ0) is 19.3. The van der Waals surface area contributed by atoms with Crippen molar-refractivity contribution in [2.75, 3.05) is 41.3 Å². The van der Waals surface area contributed by atoms with Crippen molar-refractivity contribution >= 4 is 23.2 Å². The molecule has 3 aromatic rings. The van der Waals surface area contributed by atoms with Crippen LogP contribution in [0.4, 0.5) is 21.7 Å². The van der Waals surface area contributed by atoms with Gasteiger partial charge in [-0.2, -0.15) is 0 Å². The smallest absolute Gasteiger partial charge is 0.255 e. The third-order valence-electron chi connectivity index (χ3n) is 4.69. The van der Waals surface area contributed by atoms with Crippen LogP contribution in [-0.4, -0.2) is 42.1 Å². The van der Waals surface area contributed by atoms with E-state index in [-0.39, 0.29) is 11.7 Å². The van der Waals surface area contributed by atoms with Crippen LogP contribution in [0.15, 0.2) is 67.0 Å². The van der Waals surface area contributed by atoms with Crippen molar-refractivity contribution in [3.8, 4) is 0 Å². The normalized spacial score (nSPS) is 14.0. The summed E-state index contributed by atoms with van der Waals surface area (Å²) < 4.78 is 13.0. The number of nitrogens with one attached hydrogen (secondary N) is 1. The third-order valence-corrected chi connectivity index (χ3v) is 4.69. The number of rotatable bonds is 4. The van der Waals surface area contributed by atoms with E-state index in [2.05, 4.69) is 25.1 Å². The molecule has 1 amide bonds. The summed E-state index contributed by atoms with van der Waals surface area (Å²) in [6.07, 6.45) is 3.45. The lowest BCUT2D eigenvalue weighted by Crippen LogP contribution is -2.47. The number of pyridine rings is 2. The van der Waals surface area contributed by atoms with Gasteiger partial charge in [0.25, 0.3) is 5.91 Å². The molecule has 4 rings (SSSR count). The molecule has 1 saturated heterocycles. The van der Waals surface area contributed by atoms with Crippen molar-refractivity contribution in [1.29, 1.82) is 0 Å². The number of nitrogens with zero attached hydrogens (tertiary/aromatic N) is 4. The van der Waals surface area contributed by atoms with Gasteiger partial charge in [-0.15, -0.1) is 0 Å². The highest BCUT2D eigenvalue weighted by molar-refractivity contribution is 6.04. The number of piperazine rings is 1. The highest BCUT2D eigenvalue weighted by Crippen LogP contribution is 2.19. The molecule has 0 saturated carbocycles. The minimum absolute atomic E-state index is 0.293. The Labute approximate surface area is 162 Å². The van der Waals surface area contributed by atoms with Gasteiger partial charge in [0.15, 0.2) is 0 Å². The average Bonchev–Trinajstić information content (AvgIpc) is 2.75. The molecule has 28 heavy (non-hydrogen) atoms. The quantitative estimate of drug-likeness (QED) is 0.757. The highest BCUT2D eigenvalue weighted by Gasteiger charge is 2.19. The van der Waals surface area contributed by atoms with E-state index in [1.165, 1.54) is 24.3 Å². The predicted molar refractivity (Wildman–Crippen MR) is 107 cm³/mol. The van der Waals surface area contributed by atoms with Gasteiger partial charge in [-0.25, -0.2) is 14.4 Å². The number of carbonyl (C=O) groups excluding carboxylic acids is 1. The molecule has 0 spiro atoms. The molecule has 3 heterocycles. The molecular weight excluding hydrogens is 357 g/mol. The summed E-state index contributed by atoms with van der Waals surface area (Å²) in [5.41, 5.74) is 1.00. The lowest BCUT2D eigenvalue weighted by atomic mass is 10.2. The van der Waals surface area contributed by atoms with Crippen LogP contribution in [0.3, 0.4) is 0 Å².